The second-order valence-electron chi connectivity index (χ2n) is 3.72. The van der Waals surface area contributed by atoms with E-state index >= 15 is 0 Å². The summed E-state index contributed by atoms with van der Waals surface area (Å²) >= 11 is 0. The second kappa shape index (κ2) is 3.38. The molecule has 2 heteroatoms. The highest BCUT2D eigenvalue weighted by atomic mass is 16.5. The van der Waals surface area contributed by atoms with Crippen molar-refractivity contribution >= 4 is 0 Å². The Bertz CT molecular complexity index is 296. The van der Waals surface area contributed by atoms with Crippen molar-refractivity contribution in [2.24, 2.45) is 0 Å². The number of rotatable bonds is 2. The average molecular weight is 177 g/mol. The fourth-order valence-corrected chi connectivity index (χ4v) is 1.70. The van der Waals surface area contributed by atoms with E-state index in [1.807, 2.05) is 12.1 Å². The molecule has 0 radical (unpaired) electrons. The molecule has 2 nitrogen and oxygen atoms in total. The summed E-state index contributed by atoms with van der Waals surface area (Å²) in [7, 11) is 0. The van der Waals surface area contributed by atoms with Gasteiger partial charge in [-0.25, -0.2) is 0 Å². The van der Waals surface area contributed by atoms with Gasteiger partial charge in [-0.1, -0.05) is 32.0 Å². The molecule has 0 saturated carbocycles. The van der Waals surface area contributed by atoms with Gasteiger partial charge in [-0.15, -0.1) is 0 Å². The van der Waals surface area contributed by atoms with Crippen molar-refractivity contribution in [3.8, 4) is 5.75 Å². The number of nitrogens with one attached hydrogen (secondary N) is 1. The lowest BCUT2D eigenvalue weighted by atomic mass is 10.1. The van der Waals surface area contributed by atoms with Gasteiger partial charge in [0.25, 0.3) is 0 Å². The SMILES string of the molecule is CC(C)NC1COc2ccccc21. The molecule has 1 aromatic rings. The van der Waals surface area contributed by atoms with Crippen molar-refractivity contribution in [1.29, 1.82) is 0 Å². The van der Waals surface area contributed by atoms with E-state index in [2.05, 4.69) is 31.3 Å². The molecule has 1 N–H and O–H groups in total. The van der Waals surface area contributed by atoms with E-state index in [1.54, 1.807) is 0 Å². The molecule has 70 valence electrons. The van der Waals surface area contributed by atoms with Crippen LogP contribution in [-0.4, -0.2) is 12.6 Å². The second-order valence-corrected chi connectivity index (χ2v) is 3.72. The Hall–Kier alpha value is -1.02. The van der Waals surface area contributed by atoms with Crippen LogP contribution in [0.4, 0.5) is 0 Å². The van der Waals surface area contributed by atoms with E-state index in [9.17, 15) is 0 Å². The lowest BCUT2D eigenvalue weighted by molar-refractivity contribution is 0.303. The number of para-hydroxylation sites is 1. The van der Waals surface area contributed by atoms with Crippen molar-refractivity contribution in [2.45, 2.75) is 25.9 Å². The quantitative estimate of drug-likeness (QED) is 0.747. The first kappa shape index (κ1) is 8.57. The molecule has 1 atom stereocenters. The zero-order valence-corrected chi connectivity index (χ0v) is 8.08. The van der Waals surface area contributed by atoms with Crippen LogP contribution < -0.4 is 10.1 Å². The highest BCUT2D eigenvalue weighted by Gasteiger charge is 2.23. The molecule has 1 aromatic carbocycles. The summed E-state index contributed by atoms with van der Waals surface area (Å²) in [5.41, 5.74) is 1.29. The average Bonchev–Trinajstić information content (AvgIpc) is 2.48. The van der Waals surface area contributed by atoms with Crippen molar-refractivity contribution in [3.63, 3.8) is 0 Å². The Kier molecular flexibility index (Phi) is 2.23. The fourth-order valence-electron chi connectivity index (χ4n) is 1.70. The molecule has 1 heterocycles. The molecule has 1 unspecified atom stereocenters. The zero-order valence-electron chi connectivity index (χ0n) is 8.08. The van der Waals surface area contributed by atoms with E-state index in [-0.39, 0.29) is 0 Å². The van der Waals surface area contributed by atoms with Crippen molar-refractivity contribution in [3.05, 3.63) is 29.8 Å². The maximum Gasteiger partial charge on any atom is 0.124 e. The van der Waals surface area contributed by atoms with Crippen LogP contribution in [0.5, 0.6) is 5.75 Å². The normalized spacial score (nSPS) is 20.1. The van der Waals surface area contributed by atoms with Crippen molar-refractivity contribution < 1.29 is 4.74 Å². The molecular formula is C11H15NO. The van der Waals surface area contributed by atoms with E-state index in [0.717, 1.165) is 12.4 Å². The molecule has 0 saturated heterocycles. The van der Waals surface area contributed by atoms with Gasteiger partial charge in [-0.2, -0.15) is 0 Å². The third-order valence-electron chi connectivity index (χ3n) is 2.23. The summed E-state index contributed by atoms with van der Waals surface area (Å²) in [6.07, 6.45) is 0. The Labute approximate surface area is 78.9 Å². The monoisotopic (exact) mass is 177 g/mol. The van der Waals surface area contributed by atoms with Crippen LogP contribution in [0.1, 0.15) is 25.5 Å². The molecule has 0 amide bonds. The van der Waals surface area contributed by atoms with E-state index in [0.29, 0.717) is 12.1 Å². The number of benzene rings is 1. The third kappa shape index (κ3) is 1.68. The predicted molar refractivity (Wildman–Crippen MR) is 52.9 cm³/mol. The van der Waals surface area contributed by atoms with Gasteiger partial charge in [0.2, 0.25) is 0 Å². The first-order valence-corrected chi connectivity index (χ1v) is 4.75. The standard InChI is InChI=1S/C11H15NO/c1-8(2)12-10-7-13-11-6-4-3-5-9(10)11/h3-6,8,10,12H,7H2,1-2H3. The minimum absolute atomic E-state index is 0.371. The predicted octanol–water partition coefficient (Wildman–Crippen LogP) is 2.12. The Morgan fingerprint density at radius 2 is 2.15 bits per heavy atom. The highest BCUT2D eigenvalue weighted by molar-refractivity contribution is 5.39. The van der Waals surface area contributed by atoms with Crippen LogP contribution in [-0.2, 0) is 0 Å². The van der Waals surface area contributed by atoms with Crippen molar-refractivity contribution in [2.75, 3.05) is 6.61 Å². The lowest BCUT2D eigenvalue weighted by Crippen LogP contribution is -2.28. The summed E-state index contributed by atoms with van der Waals surface area (Å²) < 4.78 is 5.55. The van der Waals surface area contributed by atoms with Gasteiger partial charge in [0.15, 0.2) is 0 Å². The number of ether oxygens (including phenoxy) is 1. The van der Waals surface area contributed by atoms with Gasteiger partial charge in [0, 0.05) is 11.6 Å². The molecule has 0 spiro atoms. The molecule has 2 rings (SSSR count). The molecule has 0 bridgehead atoms. The Morgan fingerprint density at radius 3 is 2.92 bits per heavy atom. The summed E-state index contributed by atoms with van der Waals surface area (Å²) in [6.45, 7) is 5.07. The van der Waals surface area contributed by atoms with Gasteiger partial charge < -0.3 is 10.1 Å². The van der Waals surface area contributed by atoms with Crippen LogP contribution in [0.25, 0.3) is 0 Å². The molecule has 0 aliphatic carbocycles. The van der Waals surface area contributed by atoms with Crippen molar-refractivity contribution in [1.82, 2.24) is 5.32 Å². The molecular weight excluding hydrogens is 162 g/mol. The largest absolute Gasteiger partial charge is 0.491 e. The van der Waals surface area contributed by atoms with Gasteiger partial charge in [-0.3, -0.25) is 0 Å². The summed E-state index contributed by atoms with van der Waals surface area (Å²) in [5, 5.41) is 3.47. The molecule has 1 aliphatic heterocycles. The third-order valence-corrected chi connectivity index (χ3v) is 2.23. The van der Waals surface area contributed by atoms with Gasteiger partial charge in [0.05, 0.1) is 6.04 Å². The number of hydrogen-bond donors (Lipinski definition) is 1. The van der Waals surface area contributed by atoms with Crippen LogP contribution >= 0.6 is 0 Å². The molecule has 0 aromatic heterocycles. The topological polar surface area (TPSA) is 21.3 Å². The molecule has 1 aliphatic rings. The molecule has 0 fully saturated rings. The zero-order chi connectivity index (χ0) is 9.26. The fraction of sp³-hybridized carbons (Fsp3) is 0.455. The first-order valence-electron chi connectivity index (χ1n) is 4.75. The minimum Gasteiger partial charge on any atom is -0.491 e. The van der Waals surface area contributed by atoms with Gasteiger partial charge in [-0.05, 0) is 6.07 Å². The Balaban J connectivity index is 2.18. The number of hydrogen-bond acceptors (Lipinski definition) is 2. The van der Waals surface area contributed by atoms with E-state index < -0.39 is 0 Å². The van der Waals surface area contributed by atoms with Gasteiger partial charge in [0.1, 0.15) is 12.4 Å². The Morgan fingerprint density at radius 1 is 1.38 bits per heavy atom. The highest BCUT2D eigenvalue weighted by Crippen LogP contribution is 2.31. The first-order chi connectivity index (χ1) is 6.27. The van der Waals surface area contributed by atoms with Crippen LogP contribution in [0.3, 0.4) is 0 Å². The summed E-state index contributed by atoms with van der Waals surface area (Å²) in [6, 6.07) is 9.09. The summed E-state index contributed by atoms with van der Waals surface area (Å²) in [4.78, 5) is 0. The van der Waals surface area contributed by atoms with Crippen LogP contribution in [0.2, 0.25) is 0 Å². The molecule has 13 heavy (non-hydrogen) atoms. The van der Waals surface area contributed by atoms with Crippen LogP contribution in [0, 0.1) is 0 Å². The van der Waals surface area contributed by atoms with E-state index in [1.165, 1.54) is 5.56 Å². The lowest BCUT2D eigenvalue weighted by Gasteiger charge is -2.14. The smallest absolute Gasteiger partial charge is 0.124 e. The van der Waals surface area contributed by atoms with Crippen LogP contribution in [0.15, 0.2) is 24.3 Å². The minimum atomic E-state index is 0.371. The summed E-state index contributed by atoms with van der Waals surface area (Å²) in [5.74, 6) is 1.03. The maximum absolute atomic E-state index is 5.55. The number of fused-ring (bicyclic) bond motifs is 1. The van der Waals surface area contributed by atoms with E-state index in [4.69, 9.17) is 4.74 Å². The van der Waals surface area contributed by atoms with Gasteiger partial charge >= 0.3 is 0 Å². The maximum atomic E-state index is 5.55.